The lowest BCUT2D eigenvalue weighted by atomic mass is 10.2. The zero-order valence-electron chi connectivity index (χ0n) is 16.9. The number of aryl methyl sites for hydroxylation is 1. The minimum atomic E-state index is -0.391. The smallest absolute Gasteiger partial charge is 0.255 e. The van der Waals surface area contributed by atoms with Crippen LogP contribution in [0.3, 0.4) is 0 Å². The second-order valence-electron chi connectivity index (χ2n) is 6.48. The van der Waals surface area contributed by atoms with Crippen LogP contribution in [0.1, 0.15) is 29.0 Å². The summed E-state index contributed by atoms with van der Waals surface area (Å²) in [6.07, 6.45) is 0. The van der Waals surface area contributed by atoms with E-state index >= 15 is 0 Å². The quantitative estimate of drug-likeness (QED) is 0.454. The topological polar surface area (TPSA) is 88.3 Å². The van der Waals surface area contributed by atoms with E-state index in [1.807, 2.05) is 19.1 Å². The van der Waals surface area contributed by atoms with Gasteiger partial charge in [-0.05, 0) is 31.2 Å². The first-order valence-electron chi connectivity index (χ1n) is 9.43. The molecule has 0 aliphatic rings. The number of nitrogens with zero attached hydrogens (tertiary/aromatic N) is 3. The molecular formula is C21H20Cl2N4O3S. The fourth-order valence-corrected chi connectivity index (χ4v) is 4.16. The van der Waals surface area contributed by atoms with Crippen molar-refractivity contribution < 1.29 is 14.1 Å². The van der Waals surface area contributed by atoms with Gasteiger partial charge in [0.2, 0.25) is 11.8 Å². The maximum absolute atomic E-state index is 13.2. The van der Waals surface area contributed by atoms with E-state index < -0.39 is 5.91 Å². The second kappa shape index (κ2) is 10.7. The van der Waals surface area contributed by atoms with Crippen molar-refractivity contribution in [2.24, 2.45) is 0 Å². The molecular weight excluding hydrogens is 459 g/mol. The van der Waals surface area contributed by atoms with Gasteiger partial charge in [-0.1, -0.05) is 46.6 Å². The van der Waals surface area contributed by atoms with E-state index in [4.69, 9.17) is 27.7 Å². The van der Waals surface area contributed by atoms with Gasteiger partial charge in [-0.2, -0.15) is 4.98 Å². The fourth-order valence-electron chi connectivity index (χ4n) is 2.78. The molecule has 3 aromatic rings. The molecule has 0 aliphatic carbocycles. The number of carbonyl (C=O) groups is 2. The number of benzene rings is 2. The molecule has 2 amide bonds. The molecule has 1 N–H and O–H groups in total. The van der Waals surface area contributed by atoms with Crippen LogP contribution in [0.2, 0.25) is 10.0 Å². The molecule has 162 valence electrons. The predicted octanol–water partition coefficient (Wildman–Crippen LogP) is 5.08. The zero-order chi connectivity index (χ0) is 22.4. The molecule has 0 atom stereocenters. The van der Waals surface area contributed by atoms with Crippen LogP contribution >= 0.6 is 35.0 Å². The van der Waals surface area contributed by atoms with E-state index in [1.165, 1.54) is 16.7 Å². The predicted molar refractivity (Wildman–Crippen MR) is 122 cm³/mol. The second-order valence-corrected chi connectivity index (χ2v) is 8.31. The normalized spacial score (nSPS) is 10.7. The van der Waals surface area contributed by atoms with Crippen LogP contribution in [-0.2, 0) is 10.5 Å². The third-order valence-electron chi connectivity index (χ3n) is 4.27. The molecule has 0 unspecified atom stereocenters. The highest BCUT2D eigenvalue weighted by atomic mass is 35.5. The number of aromatic nitrogens is 2. The molecule has 1 aromatic heterocycles. The molecule has 0 bridgehead atoms. The molecule has 0 fully saturated rings. The number of anilines is 1. The highest BCUT2D eigenvalue weighted by Crippen LogP contribution is 2.30. The molecule has 1 heterocycles. The van der Waals surface area contributed by atoms with Crippen molar-refractivity contribution in [2.45, 2.75) is 24.5 Å². The number of para-hydroxylation sites is 1. The van der Waals surface area contributed by atoms with Crippen molar-refractivity contribution >= 4 is 52.5 Å². The van der Waals surface area contributed by atoms with Gasteiger partial charge in [0.15, 0.2) is 5.82 Å². The zero-order valence-corrected chi connectivity index (χ0v) is 19.2. The van der Waals surface area contributed by atoms with E-state index in [1.54, 1.807) is 37.3 Å². The van der Waals surface area contributed by atoms with Gasteiger partial charge in [0.05, 0.1) is 27.0 Å². The van der Waals surface area contributed by atoms with Gasteiger partial charge < -0.3 is 14.7 Å². The summed E-state index contributed by atoms with van der Waals surface area (Å²) in [4.78, 5) is 32.1. The monoisotopic (exact) mass is 478 g/mol. The maximum Gasteiger partial charge on any atom is 0.255 e. The van der Waals surface area contributed by atoms with Crippen molar-refractivity contribution in [1.82, 2.24) is 15.0 Å². The number of hydrogen-bond acceptors (Lipinski definition) is 6. The van der Waals surface area contributed by atoms with E-state index in [0.717, 1.165) is 4.90 Å². The van der Waals surface area contributed by atoms with E-state index in [0.29, 0.717) is 45.3 Å². The highest BCUT2D eigenvalue weighted by Gasteiger charge is 2.21. The summed E-state index contributed by atoms with van der Waals surface area (Å²) in [6.45, 7) is 3.75. The number of hydrogen-bond donors (Lipinski definition) is 1. The average Bonchev–Trinajstić information content (AvgIpc) is 3.18. The molecule has 0 spiro atoms. The van der Waals surface area contributed by atoms with Crippen LogP contribution in [0, 0.1) is 6.92 Å². The van der Waals surface area contributed by atoms with Gasteiger partial charge in [-0.15, -0.1) is 11.8 Å². The SMILES string of the molecule is CCN(CC(=O)Nc1c(Cl)cccc1Cl)C(=O)c1ccccc1SCc1noc(C)n1. The molecule has 7 nitrogen and oxygen atoms in total. The van der Waals surface area contributed by atoms with Gasteiger partial charge in [0.1, 0.15) is 6.54 Å². The Morgan fingerprint density at radius 1 is 1.13 bits per heavy atom. The number of nitrogens with one attached hydrogen (secondary N) is 1. The molecule has 2 aromatic carbocycles. The minimum Gasteiger partial charge on any atom is -0.340 e. The van der Waals surface area contributed by atoms with Gasteiger partial charge in [0, 0.05) is 18.4 Å². The molecule has 0 saturated carbocycles. The van der Waals surface area contributed by atoms with E-state index in [-0.39, 0.29) is 12.5 Å². The average molecular weight is 479 g/mol. The Bertz CT molecular complexity index is 1070. The van der Waals surface area contributed by atoms with Crippen molar-refractivity contribution in [3.8, 4) is 0 Å². The molecule has 0 saturated heterocycles. The summed E-state index contributed by atoms with van der Waals surface area (Å²) in [5, 5.41) is 7.21. The molecule has 10 heteroatoms. The number of thioether (sulfide) groups is 1. The summed E-state index contributed by atoms with van der Waals surface area (Å²) < 4.78 is 4.98. The maximum atomic E-state index is 13.2. The number of halogens is 2. The Hall–Kier alpha value is -2.55. The van der Waals surface area contributed by atoms with Crippen molar-refractivity contribution in [1.29, 1.82) is 0 Å². The molecule has 31 heavy (non-hydrogen) atoms. The summed E-state index contributed by atoms with van der Waals surface area (Å²) in [6, 6.07) is 12.2. The van der Waals surface area contributed by atoms with Gasteiger partial charge in [0.25, 0.3) is 5.91 Å². The van der Waals surface area contributed by atoms with Crippen LogP contribution in [0.4, 0.5) is 5.69 Å². The highest BCUT2D eigenvalue weighted by molar-refractivity contribution is 7.98. The summed E-state index contributed by atoms with van der Waals surface area (Å²) in [7, 11) is 0. The molecule has 0 radical (unpaired) electrons. The summed E-state index contributed by atoms with van der Waals surface area (Å²) >= 11 is 13.6. The Morgan fingerprint density at radius 3 is 2.48 bits per heavy atom. The summed E-state index contributed by atoms with van der Waals surface area (Å²) in [5.41, 5.74) is 0.823. The lowest BCUT2D eigenvalue weighted by Gasteiger charge is -2.22. The largest absolute Gasteiger partial charge is 0.340 e. The Morgan fingerprint density at radius 2 is 1.84 bits per heavy atom. The van der Waals surface area contributed by atoms with Crippen molar-refractivity contribution in [2.75, 3.05) is 18.4 Å². The van der Waals surface area contributed by atoms with Gasteiger partial charge >= 0.3 is 0 Å². The minimum absolute atomic E-state index is 0.139. The van der Waals surface area contributed by atoms with Crippen LogP contribution in [0.15, 0.2) is 51.9 Å². The third kappa shape index (κ3) is 6.00. The van der Waals surface area contributed by atoms with Gasteiger partial charge in [-0.25, -0.2) is 0 Å². The first kappa shape index (κ1) is 23.1. The summed E-state index contributed by atoms with van der Waals surface area (Å²) in [5.74, 6) is 0.849. The lowest BCUT2D eigenvalue weighted by molar-refractivity contribution is -0.116. The standard InChI is InChI=1S/C21H20Cl2N4O3S/c1-3-27(11-19(28)25-20-15(22)8-6-9-16(20)23)21(29)14-7-4-5-10-17(14)31-12-18-24-13(2)30-26-18/h4-10H,3,11-12H2,1-2H3,(H,25,28). The Kier molecular flexibility index (Phi) is 7.95. The number of amides is 2. The number of likely N-dealkylation sites (N-methyl/N-ethyl adjacent to an activating group) is 1. The van der Waals surface area contributed by atoms with Crippen LogP contribution < -0.4 is 5.32 Å². The van der Waals surface area contributed by atoms with Crippen molar-refractivity contribution in [3.63, 3.8) is 0 Å². The molecule has 0 aliphatic heterocycles. The van der Waals surface area contributed by atoms with Crippen LogP contribution in [0.25, 0.3) is 0 Å². The number of rotatable bonds is 8. The first-order valence-corrected chi connectivity index (χ1v) is 11.2. The van der Waals surface area contributed by atoms with Crippen molar-refractivity contribution in [3.05, 3.63) is 69.8 Å². The Labute approximate surface area is 194 Å². The van der Waals surface area contributed by atoms with Crippen LogP contribution in [0.5, 0.6) is 0 Å². The van der Waals surface area contributed by atoms with Crippen LogP contribution in [-0.4, -0.2) is 39.9 Å². The molecule has 3 rings (SSSR count). The number of carbonyl (C=O) groups excluding carboxylic acids is 2. The van der Waals surface area contributed by atoms with E-state index in [2.05, 4.69) is 15.5 Å². The first-order chi connectivity index (χ1) is 14.9. The van der Waals surface area contributed by atoms with E-state index in [9.17, 15) is 9.59 Å². The third-order valence-corrected chi connectivity index (χ3v) is 5.97. The fraction of sp³-hybridized carbons (Fsp3) is 0.238. The van der Waals surface area contributed by atoms with Gasteiger partial charge in [-0.3, -0.25) is 9.59 Å². The lowest BCUT2D eigenvalue weighted by Crippen LogP contribution is -2.38. The Balaban J connectivity index is 1.70.